The van der Waals surface area contributed by atoms with Crippen molar-refractivity contribution in [2.75, 3.05) is 117 Å². The third-order valence-corrected chi connectivity index (χ3v) is 24.4. The first-order valence-electron chi connectivity index (χ1n) is 35.0. The van der Waals surface area contributed by atoms with Crippen LogP contribution < -0.4 is 33.4 Å². The molecular weight excluding hydrogens is 1440 g/mol. The van der Waals surface area contributed by atoms with Gasteiger partial charge >= 0.3 is 0 Å². The molecular formula is C77H87Cl2N11O12S3. The minimum atomic E-state index is -4.35. The quantitative estimate of drug-likeness (QED) is 0.0480. The lowest BCUT2D eigenvalue weighted by molar-refractivity contribution is -0.130. The monoisotopic (exact) mass is 1520 g/mol. The van der Waals surface area contributed by atoms with E-state index in [1.807, 2.05) is 54.3 Å². The van der Waals surface area contributed by atoms with Gasteiger partial charge in [-0.3, -0.25) is 33.3 Å². The highest BCUT2D eigenvalue weighted by Crippen LogP contribution is 2.39. The highest BCUT2D eigenvalue weighted by molar-refractivity contribution is 7.93. The number of benzene rings is 7. The van der Waals surface area contributed by atoms with Gasteiger partial charge in [0.2, 0.25) is 11.9 Å². The number of nitrogens with zero attached hydrogens (tertiary/aromatic N) is 8. The Morgan fingerprint density at radius 3 is 1.57 bits per heavy atom. The first-order chi connectivity index (χ1) is 50.2. The van der Waals surface area contributed by atoms with Crippen molar-refractivity contribution in [3.8, 4) is 22.8 Å². The molecule has 3 fully saturated rings. The summed E-state index contributed by atoms with van der Waals surface area (Å²) < 4.78 is 104. The van der Waals surface area contributed by atoms with Crippen LogP contribution in [0.1, 0.15) is 116 Å². The average molecular weight is 1530 g/mol. The zero-order chi connectivity index (χ0) is 75.1. The summed E-state index contributed by atoms with van der Waals surface area (Å²) >= 11 is 13.6. The van der Waals surface area contributed by atoms with E-state index in [4.69, 9.17) is 37.7 Å². The maximum atomic E-state index is 15.2. The lowest BCUT2D eigenvalue weighted by atomic mass is 9.96. The second-order valence-electron chi connectivity index (χ2n) is 26.5. The summed E-state index contributed by atoms with van der Waals surface area (Å²) in [4.78, 5) is 76.0. The molecule has 11 rings (SSSR count). The number of methoxy groups -OCH3 is 2. The van der Waals surface area contributed by atoms with Gasteiger partial charge in [-0.25, -0.2) is 35.2 Å². The number of anilines is 5. The maximum Gasteiger partial charge on any atom is 0.262 e. The third kappa shape index (κ3) is 17.6. The summed E-state index contributed by atoms with van der Waals surface area (Å²) in [5.74, 6) is -0.568. The zero-order valence-corrected chi connectivity index (χ0v) is 64.1. The fourth-order valence-electron chi connectivity index (χ4n) is 13.3. The molecule has 0 unspecified atom stereocenters. The van der Waals surface area contributed by atoms with E-state index < -0.39 is 41.9 Å². The first-order valence-corrected chi connectivity index (χ1v) is 40.2. The molecule has 0 radical (unpaired) electrons. The van der Waals surface area contributed by atoms with Gasteiger partial charge < -0.3 is 38.9 Å². The summed E-state index contributed by atoms with van der Waals surface area (Å²) in [6.07, 6.45) is 7.43. The number of nitrogens with one attached hydrogen (secondary N) is 3. The minimum Gasteiger partial charge on any atom is -0.495 e. The summed E-state index contributed by atoms with van der Waals surface area (Å²) in [5.41, 5.74) is 8.05. The fraction of sp³-hybridized carbons (Fsp3) is 0.351. The van der Waals surface area contributed by atoms with E-state index in [1.54, 1.807) is 76.0 Å². The highest BCUT2D eigenvalue weighted by Gasteiger charge is 2.33. The standard InChI is InChI=1S/C77H87Cl2N11O12S3/c1-9-11-14-54-19-23-58(24-20-54)82-104(97,98)61-43-57(73(79)66(47-61)76(94)89-34-30-85(31-35-89)53(6)91)42-56-16-13-17-70(51(56)4)86-32-36-88(37-33-86)75(93)65-46-62(105(99,100)83-59-25-21-55(22-26-59)15-12-10-2)45-64(52(65)5)68-28-29-80-77(81-68)90-40-38-87(39-41-90)74(92)63-44-60(27-18-50(63)3)103(95,96)84-69-48-67(78)71(101-7)49-72(69)102-8/h13,16-29,43-49,82-84H,9-12,14-15,30-42H2,1-8H3. The van der Waals surface area contributed by atoms with Crippen molar-refractivity contribution in [2.24, 2.45) is 0 Å². The van der Waals surface area contributed by atoms with Crippen LogP contribution in [0, 0.1) is 20.8 Å². The Morgan fingerprint density at radius 1 is 0.505 bits per heavy atom. The number of ether oxygens (including phenoxy) is 2. The number of carbonyl (C=O) groups excluding carboxylic acids is 4. The van der Waals surface area contributed by atoms with Crippen LogP contribution in [0.2, 0.25) is 10.0 Å². The van der Waals surface area contributed by atoms with Crippen molar-refractivity contribution in [2.45, 2.75) is 101 Å². The number of piperazine rings is 3. The highest BCUT2D eigenvalue weighted by atomic mass is 35.5. The predicted molar refractivity (Wildman–Crippen MR) is 410 cm³/mol. The third-order valence-electron chi connectivity index (χ3n) is 19.6. The van der Waals surface area contributed by atoms with Gasteiger partial charge in [0, 0.05) is 131 Å². The Hall–Kier alpha value is -9.47. The van der Waals surface area contributed by atoms with E-state index >= 15 is 4.79 Å². The molecule has 4 heterocycles. The van der Waals surface area contributed by atoms with Gasteiger partial charge in [0.25, 0.3) is 47.8 Å². The van der Waals surface area contributed by atoms with Crippen molar-refractivity contribution >= 4 is 106 Å². The Morgan fingerprint density at radius 2 is 1.01 bits per heavy atom. The molecule has 28 heteroatoms. The summed E-state index contributed by atoms with van der Waals surface area (Å²) in [7, 11) is -10.1. The Labute approximate surface area is 625 Å². The minimum absolute atomic E-state index is 0.0258. The summed E-state index contributed by atoms with van der Waals surface area (Å²) in [5, 5.41) is 0.266. The number of hydrogen-bond donors (Lipinski definition) is 3. The van der Waals surface area contributed by atoms with Crippen molar-refractivity contribution in [3.05, 3.63) is 199 Å². The van der Waals surface area contributed by atoms with Crippen LogP contribution in [-0.2, 0) is 54.1 Å². The molecule has 3 saturated heterocycles. The van der Waals surface area contributed by atoms with Crippen LogP contribution in [0.25, 0.3) is 11.3 Å². The molecule has 0 spiro atoms. The van der Waals surface area contributed by atoms with E-state index in [9.17, 15) is 39.6 Å². The molecule has 7 aromatic carbocycles. The van der Waals surface area contributed by atoms with E-state index in [0.29, 0.717) is 71.4 Å². The lowest BCUT2D eigenvalue weighted by Gasteiger charge is -2.37. The summed E-state index contributed by atoms with van der Waals surface area (Å²) in [6.45, 7) is 14.6. The van der Waals surface area contributed by atoms with Crippen LogP contribution >= 0.6 is 23.2 Å². The first kappa shape index (κ1) is 76.7. The van der Waals surface area contributed by atoms with Crippen LogP contribution in [0.3, 0.4) is 0 Å². The lowest BCUT2D eigenvalue weighted by Crippen LogP contribution is -2.50. The van der Waals surface area contributed by atoms with Crippen LogP contribution in [0.5, 0.6) is 11.5 Å². The Kier molecular flexibility index (Phi) is 24.0. The van der Waals surface area contributed by atoms with Crippen molar-refractivity contribution < 1.29 is 53.9 Å². The van der Waals surface area contributed by atoms with Gasteiger partial charge in [-0.15, -0.1) is 0 Å². The topological polar surface area (TPSA) is 270 Å². The van der Waals surface area contributed by atoms with Gasteiger partial charge in [0.05, 0.1) is 55.9 Å². The van der Waals surface area contributed by atoms with Crippen molar-refractivity contribution in [1.29, 1.82) is 0 Å². The molecule has 0 saturated carbocycles. The van der Waals surface area contributed by atoms with Crippen molar-refractivity contribution in [1.82, 2.24) is 29.6 Å². The Bertz CT molecular complexity index is 4950. The largest absolute Gasteiger partial charge is 0.495 e. The molecule has 0 bridgehead atoms. The average Bonchev–Trinajstić information content (AvgIpc) is 0.738. The van der Waals surface area contributed by atoms with Gasteiger partial charge in [-0.2, -0.15) is 0 Å². The maximum absolute atomic E-state index is 15.2. The van der Waals surface area contributed by atoms with Gasteiger partial charge in [0.1, 0.15) is 11.5 Å². The molecule has 4 amide bonds. The van der Waals surface area contributed by atoms with Gasteiger partial charge in [-0.05, 0) is 171 Å². The van der Waals surface area contributed by atoms with Crippen LogP contribution in [-0.4, -0.2) is 171 Å². The molecule has 1 aromatic heterocycles. The number of halogens is 2. The molecule has 8 aromatic rings. The number of amides is 4. The number of rotatable bonds is 25. The van der Waals surface area contributed by atoms with E-state index in [1.165, 1.54) is 69.7 Å². The fourth-order valence-corrected chi connectivity index (χ4v) is 17.1. The van der Waals surface area contributed by atoms with Gasteiger partial charge in [0.15, 0.2) is 0 Å². The van der Waals surface area contributed by atoms with Crippen molar-refractivity contribution in [3.63, 3.8) is 0 Å². The molecule has 3 aliphatic rings. The van der Waals surface area contributed by atoms with E-state index in [2.05, 4.69) is 37.9 Å². The van der Waals surface area contributed by atoms with E-state index in [-0.39, 0.29) is 129 Å². The molecule has 105 heavy (non-hydrogen) atoms. The number of sulfonamides is 3. The zero-order valence-electron chi connectivity index (χ0n) is 60.1. The Balaban J connectivity index is 0.827. The predicted octanol–water partition coefficient (Wildman–Crippen LogP) is 12.3. The second-order valence-corrected chi connectivity index (χ2v) is 32.3. The molecule has 0 aliphatic carbocycles. The molecule has 0 atom stereocenters. The molecule has 23 nitrogen and oxygen atoms in total. The van der Waals surface area contributed by atoms with Gasteiger partial charge in [-0.1, -0.05) is 92.4 Å². The van der Waals surface area contributed by atoms with E-state index in [0.717, 1.165) is 66.5 Å². The molecule has 554 valence electrons. The number of carbonyl (C=O) groups is 4. The number of aromatic nitrogens is 2. The normalized spacial score (nSPS) is 14.5. The molecule has 3 aliphatic heterocycles. The summed E-state index contributed by atoms with van der Waals surface area (Å²) in [6, 6.07) is 34.9. The molecule has 3 N–H and O–H groups in total. The number of unbranched alkanes of at least 4 members (excludes halogenated alkanes) is 2. The SMILES string of the molecule is CCCCc1ccc(NS(=O)(=O)c2cc(Cc3cccc(N4CCN(C(=O)c5cc(S(=O)(=O)Nc6ccc(CCCC)cc6)cc(-c6ccnc(N7CCN(C(=O)c8cc(S(=O)(=O)Nc9cc(Cl)c(OC)cc9OC)ccc8C)CC7)n6)c5C)CC4)c3C)c(Cl)c(C(=O)N3CCN(C(C)=O)CC3)c2)cc1. The number of aryl methyl sites for hydroxylation is 3. The smallest absolute Gasteiger partial charge is 0.262 e. The second kappa shape index (κ2) is 32.9. The number of hydrogen-bond acceptors (Lipinski definition) is 16. The van der Waals surface area contributed by atoms with Crippen LogP contribution in [0.15, 0.2) is 148 Å². The van der Waals surface area contributed by atoms with Crippen LogP contribution in [0.4, 0.5) is 28.7 Å².